The van der Waals surface area contributed by atoms with Crippen molar-refractivity contribution >= 4 is 35.0 Å². The van der Waals surface area contributed by atoms with Crippen molar-refractivity contribution in [3.05, 3.63) is 102 Å². The van der Waals surface area contributed by atoms with E-state index in [0.29, 0.717) is 50.3 Å². The summed E-state index contributed by atoms with van der Waals surface area (Å²) in [5, 5.41) is 0.440. The number of carbonyl (C=O) groups is 1. The molecule has 0 amide bonds. The number of halogens is 1. The van der Waals surface area contributed by atoms with Crippen molar-refractivity contribution in [2.75, 3.05) is 19.8 Å². The summed E-state index contributed by atoms with van der Waals surface area (Å²) >= 11 is 7.79. The molecule has 7 nitrogen and oxygen atoms in total. The van der Waals surface area contributed by atoms with Crippen LogP contribution in [0.1, 0.15) is 37.9 Å². The van der Waals surface area contributed by atoms with E-state index in [4.69, 9.17) is 25.8 Å². The zero-order valence-corrected chi connectivity index (χ0v) is 22.4. The van der Waals surface area contributed by atoms with Gasteiger partial charge in [0.15, 0.2) is 16.3 Å². The smallest absolute Gasteiger partial charge is 0.338 e. The molecule has 192 valence electrons. The highest BCUT2D eigenvalue weighted by molar-refractivity contribution is 7.07. The average Bonchev–Trinajstić information content (AvgIpc) is 3.17. The van der Waals surface area contributed by atoms with Gasteiger partial charge in [-0.15, -0.1) is 0 Å². The molecule has 0 saturated heterocycles. The van der Waals surface area contributed by atoms with Gasteiger partial charge in [-0.2, -0.15) is 0 Å². The lowest BCUT2D eigenvalue weighted by Gasteiger charge is -2.25. The third-order valence-corrected chi connectivity index (χ3v) is 6.97. The van der Waals surface area contributed by atoms with Crippen LogP contribution in [0, 0.1) is 0 Å². The third kappa shape index (κ3) is 5.40. The van der Waals surface area contributed by atoms with Gasteiger partial charge in [0.2, 0.25) is 0 Å². The van der Waals surface area contributed by atoms with E-state index in [1.807, 2.05) is 25.1 Å². The zero-order valence-electron chi connectivity index (χ0n) is 20.8. The van der Waals surface area contributed by atoms with Crippen LogP contribution in [-0.4, -0.2) is 30.4 Å². The van der Waals surface area contributed by atoms with Gasteiger partial charge in [-0.3, -0.25) is 9.36 Å². The molecule has 1 aliphatic rings. The van der Waals surface area contributed by atoms with E-state index < -0.39 is 12.0 Å². The Bertz CT molecular complexity index is 1550. The molecule has 1 aliphatic heterocycles. The maximum atomic E-state index is 13.8. The maximum Gasteiger partial charge on any atom is 0.338 e. The molecule has 37 heavy (non-hydrogen) atoms. The molecule has 9 heteroatoms. The first-order valence-electron chi connectivity index (χ1n) is 11.8. The van der Waals surface area contributed by atoms with Gasteiger partial charge in [0.05, 0.1) is 29.0 Å². The Morgan fingerprint density at radius 1 is 1.16 bits per heavy atom. The second kappa shape index (κ2) is 11.6. The number of hydrogen-bond donors (Lipinski definition) is 0. The first-order chi connectivity index (χ1) is 17.9. The number of rotatable bonds is 9. The third-order valence-electron chi connectivity index (χ3n) is 5.64. The van der Waals surface area contributed by atoms with Crippen LogP contribution in [0.3, 0.4) is 0 Å². The van der Waals surface area contributed by atoms with Crippen LogP contribution >= 0.6 is 22.9 Å². The van der Waals surface area contributed by atoms with Gasteiger partial charge in [-0.25, -0.2) is 9.79 Å². The lowest BCUT2D eigenvalue weighted by atomic mass is 9.96. The van der Waals surface area contributed by atoms with Gasteiger partial charge in [0, 0.05) is 5.02 Å². The first kappa shape index (κ1) is 26.4. The van der Waals surface area contributed by atoms with Crippen LogP contribution in [-0.2, 0) is 9.53 Å². The van der Waals surface area contributed by atoms with Crippen LogP contribution in [0.2, 0.25) is 5.02 Å². The molecule has 0 unspecified atom stereocenters. The Morgan fingerprint density at radius 2 is 1.95 bits per heavy atom. The quantitative estimate of drug-likeness (QED) is 0.298. The molecule has 2 aromatic carbocycles. The fourth-order valence-electron chi connectivity index (χ4n) is 4.08. The Labute approximate surface area is 223 Å². The molecule has 0 fully saturated rings. The highest BCUT2D eigenvalue weighted by Crippen LogP contribution is 2.34. The summed E-state index contributed by atoms with van der Waals surface area (Å²) in [6.45, 7) is 10.0. The van der Waals surface area contributed by atoms with E-state index in [2.05, 4.69) is 11.6 Å². The van der Waals surface area contributed by atoms with Gasteiger partial charge in [0.1, 0.15) is 12.6 Å². The van der Waals surface area contributed by atoms with E-state index in [9.17, 15) is 9.59 Å². The van der Waals surface area contributed by atoms with Gasteiger partial charge in [-0.1, -0.05) is 59.9 Å². The number of aromatic nitrogens is 1. The number of carbonyl (C=O) groups excluding carboxylic acids is 1. The minimum absolute atomic E-state index is 0.198. The van der Waals surface area contributed by atoms with Gasteiger partial charge in [-0.05, 0) is 56.2 Å². The standard InChI is InChI=1S/C28H27ClN2O5S/c1-5-14-36-21-13-12-18(15-22(21)34-6-2)16-23-26(32)31-25(19-10-8-9-11-20(19)29)24(27(33)35-7-3)17(4)30-28(31)37-23/h5,8-13,15-16,25H,1,6-7,14H2,2-4H3/b23-16-/t25-/m0/s1. The second-order valence-corrected chi connectivity index (χ2v) is 9.48. The monoisotopic (exact) mass is 538 g/mol. The predicted octanol–water partition coefficient (Wildman–Crippen LogP) is 4.42. The number of esters is 1. The van der Waals surface area contributed by atoms with Crippen molar-refractivity contribution in [1.82, 2.24) is 4.57 Å². The molecule has 1 atom stereocenters. The molecule has 0 bridgehead atoms. The van der Waals surface area contributed by atoms with Crippen LogP contribution in [0.15, 0.2) is 76.2 Å². The summed E-state index contributed by atoms with van der Waals surface area (Å²) in [5.74, 6) is 0.633. The number of nitrogens with zero attached hydrogens (tertiary/aromatic N) is 2. The molecule has 3 aromatic rings. The molecule has 0 saturated carbocycles. The topological polar surface area (TPSA) is 79.1 Å². The van der Waals surface area contributed by atoms with Gasteiger partial charge in [0.25, 0.3) is 5.56 Å². The second-order valence-electron chi connectivity index (χ2n) is 8.06. The number of ether oxygens (including phenoxy) is 3. The molecule has 4 rings (SSSR count). The van der Waals surface area contributed by atoms with Crippen LogP contribution < -0.4 is 24.4 Å². The fourth-order valence-corrected chi connectivity index (χ4v) is 5.37. The number of benzene rings is 2. The minimum Gasteiger partial charge on any atom is -0.490 e. The summed E-state index contributed by atoms with van der Waals surface area (Å²) in [4.78, 5) is 31.8. The Morgan fingerprint density at radius 3 is 2.65 bits per heavy atom. The highest BCUT2D eigenvalue weighted by atomic mass is 35.5. The molecule has 1 aromatic heterocycles. The van der Waals surface area contributed by atoms with Crippen LogP contribution in [0.25, 0.3) is 6.08 Å². The average molecular weight is 539 g/mol. The normalized spacial score (nSPS) is 15.1. The number of fused-ring (bicyclic) bond motifs is 1. The number of thiazole rings is 1. The molecule has 0 radical (unpaired) electrons. The number of allylic oxidation sites excluding steroid dienone is 1. The maximum absolute atomic E-state index is 13.8. The summed E-state index contributed by atoms with van der Waals surface area (Å²) in [7, 11) is 0. The molecular formula is C28H27ClN2O5S. The molecule has 0 aliphatic carbocycles. The van der Waals surface area contributed by atoms with Crippen molar-refractivity contribution < 1.29 is 19.0 Å². The minimum atomic E-state index is -0.764. The zero-order chi connectivity index (χ0) is 26.5. The Hall–Kier alpha value is -3.62. The van der Waals surface area contributed by atoms with Crippen LogP contribution in [0.5, 0.6) is 11.5 Å². The van der Waals surface area contributed by atoms with E-state index >= 15 is 0 Å². The summed E-state index contributed by atoms with van der Waals surface area (Å²) < 4.78 is 18.7. The van der Waals surface area contributed by atoms with Crippen molar-refractivity contribution in [2.45, 2.75) is 26.8 Å². The van der Waals surface area contributed by atoms with E-state index in [0.717, 1.165) is 5.56 Å². The largest absolute Gasteiger partial charge is 0.490 e. The lowest BCUT2D eigenvalue weighted by molar-refractivity contribution is -0.139. The number of hydrogen-bond acceptors (Lipinski definition) is 7. The van der Waals surface area contributed by atoms with E-state index in [1.54, 1.807) is 50.3 Å². The van der Waals surface area contributed by atoms with Crippen molar-refractivity contribution in [3.8, 4) is 11.5 Å². The lowest BCUT2D eigenvalue weighted by Crippen LogP contribution is -2.40. The molecular weight excluding hydrogens is 512 g/mol. The van der Waals surface area contributed by atoms with Crippen molar-refractivity contribution in [3.63, 3.8) is 0 Å². The highest BCUT2D eigenvalue weighted by Gasteiger charge is 2.34. The van der Waals surface area contributed by atoms with Gasteiger partial charge >= 0.3 is 5.97 Å². The fraction of sp³-hybridized carbons (Fsp3) is 0.250. The van der Waals surface area contributed by atoms with Crippen molar-refractivity contribution in [1.29, 1.82) is 0 Å². The summed E-state index contributed by atoms with van der Waals surface area (Å²) in [6.07, 6.45) is 3.43. The Kier molecular flexibility index (Phi) is 8.31. The summed E-state index contributed by atoms with van der Waals surface area (Å²) in [5.41, 5.74) is 1.87. The summed E-state index contributed by atoms with van der Waals surface area (Å²) in [6, 6.07) is 11.9. The predicted molar refractivity (Wildman–Crippen MR) is 145 cm³/mol. The molecule has 2 heterocycles. The van der Waals surface area contributed by atoms with E-state index in [1.165, 1.54) is 15.9 Å². The van der Waals surface area contributed by atoms with Crippen LogP contribution in [0.4, 0.5) is 0 Å². The first-order valence-corrected chi connectivity index (χ1v) is 13.0. The van der Waals surface area contributed by atoms with Gasteiger partial charge < -0.3 is 14.2 Å². The Balaban J connectivity index is 1.89. The molecule has 0 N–H and O–H groups in total. The van der Waals surface area contributed by atoms with Crippen molar-refractivity contribution in [2.24, 2.45) is 4.99 Å². The molecule has 0 spiro atoms. The SMILES string of the molecule is C=CCOc1ccc(/C=c2\sc3n(c2=O)[C@@H](c2ccccc2Cl)C(C(=O)OCC)=C(C)N=3)cc1OCC. The van der Waals surface area contributed by atoms with E-state index in [-0.39, 0.29) is 17.7 Å².